The number of aromatic amines is 1. The van der Waals surface area contributed by atoms with E-state index in [1.807, 2.05) is 31.2 Å². The fraction of sp³-hybridized carbons (Fsp3) is 0.176. The normalized spacial score (nSPS) is 10.7. The number of hydrogen-bond donors (Lipinski definition) is 2. The quantitative estimate of drug-likeness (QED) is 0.720. The molecule has 0 atom stereocenters. The molecule has 0 saturated heterocycles. The Hall–Kier alpha value is -2.62. The molecule has 0 amide bonds. The second kappa shape index (κ2) is 5.79. The van der Waals surface area contributed by atoms with Crippen molar-refractivity contribution in [2.75, 3.05) is 5.73 Å². The first-order chi connectivity index (χ1) is 10.2. The van der Waals surface area contributed by atoms with Crippen LogP contribution in [-0.2, 0) is 12.8 Å². The van der Waals surface area contributed by atoms with Crippen LogP contribution in [0.15, 0.2) is 48.5 Å². The maximum Gasteiger partial charge on any atom is 0.181 e. The molecule has 3 N–H and O–H groups in total. The van der Waals surface area contributed by atoms with Gasteiger partial charge in [-0.05, 0) is 30.5 Å². The van der Waals surface area contributed by atoms with Gasteiger partial charge in [0.1, 0.15) is 5.82 Å². The highest BCUT2D eigenvalue weighted by Gasteiger charge is 2.07. The van der Waals surface area contributed by atoms with Crippen LogP contribution in [0.4, 0.5) is 5.69 Å². The smallest absolute Gasteiger partial charge is 0.181 e. The zero-order valence-electron chi connectivity index (χ0n) is 12.0. The van der Waals surface area contributed by atoms with Crippen molar-refractivity contribution in [3.8, 4) is 11.4 Å². The van der Waals surface area contributed by atoms with Crippen LogP contribution in [0.25, 0.3) is 11.4 Å². The molecule has 0 radical (unpaired) electrons. The maximum absolute atomic E-state index is 5.93. The third kappa shape index (κ3) is 3.11. The molecule has 0 unspecified atom stereocenters. The Morgan fingerprint density at radius 1 is 1.05 bits per heavy atom. The van der Waals surface area contributed by atoms with Crippen LogP contribution in [0, 0.1) is 6.92 Å². The van der Waals surface area contributed by atoms with Gasteiger partial charge in [0, 0.05) is 17.7 Å². The van der Waals surface area contributed by atoms with Gasteiger partial charge in [0.2, 0.25) is 0 Å². The van der Waals surface area contributed by atoms with Gasteiger partial charge in [-0.1, -0.05) is 42.5 Å². The summed E-state index contributed by atoms with van der Waals surface area (Å²) >= 11 is 0. The lowest BCUT2D eigenvalue weighted by molar-refractivity contribution is 0.865. The molecule has 4 heteroatoms. The van der Waals surface area contributed by atoms with Gasteiger partial charge < -0.3 is 5.73 Å². The zero-order chi connectivity index (χ0) is 14.7. The molecule has 106 valence electrons. The predicted molar refractivity (Wildman–Crippen MR) is 84.8 cm³/mol. The van der Waals surface area contributed by atoms with Gasteiger partial charge in [-0.2, -0.15) is 5.10 Å². The number of nitrogen functional groups attached to an aromatic ring is 1. The molecule has 0 spiro atoms. The number of rotatable bonds is 4. The number of aromatic nitrogens is 3. The van der Waals surface area contributed by atoms with E-state index in [0.29, 0.717) is 5.82 Å². The van der Waals surface area contributed by atoms with E-state index in [4.69, 9.17) is 5.73 Å². The Morgan fingerprint density at radius 2 is 1.86 bits per heavy atom. The van der Waals surface area contributed by atoms with E-state index >= 15 is 0 Å². The van der Waals surface area contributed by atoms with E-state index in [-0.39, 0.29) is 0 Å². The zero-order valence-corrected chi connectivity index (χ0v) is 12.0. The van der Waals surface area contributed by atoms with Crippen LogP contribution in [-0.4, -0.2) is 15.2 Å². The van der Waals surface area contributed by atoms with Crippen LogP contribution in [0.3, 0.4) is 0 Å². The lowest BCUT2D eigenvalue weighted by Crippen LogP contribution is -1.93. The van der Waals surface area contributed by atoms with Crippen molar-refractivity contribution in [2.24, 2.45) is 0 Å². The molecule has 2 aromatic carbocycles. The van der Waals surface area contributed by atoms with Crippen LogP contribution in [0.2, 0.25) is 0 Å². The molecule has 0 aliphatic heterocycles. The van der Waals surface area contributed by atoms with Crippen molar-refractivity contribution in [3.05, 3.63) is 65.5 Å². The first-order valence-corrected chi connectivity index (χ1v) is 7.04. The summed E-state index contributed by atoms with van der Waals surface area (Å²) in [6, 6.07) is 16.3. The number of benzene rings is 2. The van der Waals surface area contributed by atoms with Gasteiger partial charge in [-0.3, -0.25) is 5.10 Å². The van der Waals surface area contributed by atoms with E-state index in [1.54, 1.807) is 0 Å². The van der Waals surface area contributed by atoms with Crippen LogP contribution < -0.4 is 5.73 Å². The number of nitrogens with two attached hydrogens (primary N) is 1. The largest absolute Gasteiger partial charge is 0.398 e. The lowest BCUT2D eigenvalue weighted by atomic mass is 10.1. The van der Waals surface area contributed by atoms with E-state index in [9.17, 15) is 0 Å². The van der Waals surface area contributed by atoms with Crippen LogP contribution in [0.5, 0.6) is 0 Å². The van der Waals surface area contributed by atoms with Crippen molar-refractivity contribution < 1.29 is 0 Å². The summed E-state index contributed by atoms with van der Waals surface area (Å²) in [6.07, 6.45) is 1.80. The average molecular weight is 278 g/mol. The minimum Gasteiger partial charge on any atom is -0.398 e. The third-order valence-corrected chi connectivity index (χ3v) is 3.56. The van der Waals surface area contributed by atoms with E-state index in [0.717, 1.165) is 35.5 Å². The van der Waals surface area contributed by atoms with Crippen molar-refractivity contribution in [2.45, 2.75) is 19.8 Å². The van der Waals surface area contributed by atoms with E-state index in [2.05, 4.69) is 39.4 Å². The summed E-state index contributed by atoms with van der Waals surface area (Å²) in [5.41, 5.74) is 10.0. The molecule has 1 heterocycles. The topological polar surface area (TPSA) is 67.6 Å². The SMILES string of the molecule is Cc1ccc(-c2n[nH]c(CCc3ccccc3)n2)cc1N. The van der Waals surface area contributed by atoms with Crippen molar-refractivity contribution in [1.82, 2.24) is 15.2 Å². The Bertz CT molecular complexity index is 732. The average Bonchev–Trinajstić information content (AvgIpc) is 2.98. The Morgan fingerprint density at radius 3 is 2.62 bits per heavy atom. The fourth-order valence-electron chi connectivity index (χ4n) is 2.22. The van der Waals surface area contributed by atoms with Gasteiger partial charge in [0.15, 0.2) is 5.82 Å². The Kier molecular flexibility index (Phi) is 3.69. The molecule has 1 aromatic heterocycles. The molecule has 3 rings (SSSR count). The molecular formula is C17H18N4. The molecule has 0 saturated carbocycles. The van der Waals surface area contributed by atoms with E-state index in [1.165, 1.54) is 5.56 Å². The second-order valence-corrected chi connectivity index (χ2v) is 5.16. The van der Waals surface area contributed by atoms with Gasteiger partial charge in [-0.25, -0.2) is 4.98 Å². The van der Waals surface area contributed by atoms with Crippen LogP contribution in [0.1, 0.15) is 17.0 Å². The van der Waals surface area contributed by atoms with Gasteiger partial charge >= 0.3 is 0 Å². The summed E-state index contributed by atoms with van der Waals surface area (Å²) in [5, 5.41) is 7.28. The Balaban J connectivity index is 1.72. The molecule has 0 aliphatic rings. The van der Waals surface area contributed by atoms with Gasteiger partial charge in [0.25, 0.3) is 0 Å². The minimum absolute atomic E-state index is 0.699. The number of H-pyrrole nitrogens is 1. The summed E-state index contributed by atoms with van der Waals surface area (Å²) < 4.78 is 0. The highest BCUT2D eigenvalue weighted by molar-refractivity contribution is 5.63. The molecule has 3 aromatic rings. The molecule has 4 nitrogen and oxygen atoms in total. The monoisotopic (exact) mass is 278 g/mol. The summed E-state index contributed by atoms with van der Waals surface area (Å²) in [4.78, 5) is 4.54. The number of aryl methyl sites for hydroxylation is 3. The molecule has 0 bridgehead atoms. The van der Waals surface area contributed by atoms with Gasteiger partial charge in [0.05, 0.1) is 0 Å². The predicted octanol–water partition coefficient (Wildman–Crippen LogP) is 3.15. The van der Waals surface area contributed by atoms with Crippen molar-refractivity contribution in [3.63, 3.8) is 0 Å². The fourth-order valence-corrected chi connectivity index (χ4v) is 2.22. The maximum atomic E-state index is 5.93. The van der Waals surface area contributed by atoms with Gasteiger partial charge in [-0.15, -0.1) is 0 Å². The third-order valence-electron chi connectivity index (χ3n) is 3.56. The lowest BCUT2D eigenvalue weighted by Gasteiger charge is -2.01. The molecule has 0 aliphatic carbocycles. The molecule has 21 heavy (non-hydrogen) atoms. The molecule has 0 fully saturated rings. The molecular weight excluding hydrogens is 260 g/mol. The summed E-state index contributed by atoms with van der Waals surface area (Å²) in [7, 11) is 0. The first kappa shape index (κ1) is 13.4. The Labute approximate surface area is 124 Å². The standard InChI is InChI=1S/C17H18N4/c1-12-7-9-14(11-15(12)18)17-19-16(20-21-17)10-8-13-5-3-2-4-6-13/h2-7,9,11H,8,10,18H2,1H3,(H,19,20,21). The summed E-state index contributed by atoms with van der Waals surface area (Å²) in [5.74, 6) is 1.60. The second-order valence-electron chi connectivity index (χ2n) is 5.16. The van der Waals surface area contributed by atoms with Crippen molar-refractivity contribution in [1.29, 1.82) is 0 Å². The first-order valence-electron chi connectivity index (χ1n) is 7.04. The van der Waals surface area contributed by atoms with Crippen LogP contribution >= 0.6 is 0 Å². The van der Waals surface area contributed by atoms with Crippen molar-refractivity contribution >= 4 is 5.69 Å². The summed E-state index contributed by atoms with van der Waals surface area (Å²) in [6.45, 7) is 1.99. The highest BCUT2D eigenvalue weighted by Crippen LogP contribution is 2.20. The van der Waals surface area contributed by atoms with E-state index < -0.39 is 0 Å². The number of nitrogens with zero attached hydrogens (tertiary/aromatic N) is 2. The number of nitrogens with one attached hydrogen (secondary N) is 1. The number of hydrogen-bond acceptors (Lipinski definition) is 3. The minimum atomic E-state index is 0.699. The number of anilines is 1. The highest BCUT2D eigenvalue weighted by atomic mass is 15.2.